The molecule has 1 aliphatic rings. The zero-order valence-corrected chi connectivity index (χ0v) is 18.9. The summed E-state index contributed by atoms with van der Waals surface area (Å²) < 4.78 is 5.55. The van der Waals surface area contributed by atoms with Gasteiger partial charge in [-0.05, 0) is 37.2 Å². The minimum Gasteiger partial charge on any atom is -0.496 e. The van der Waals surface area contributed by atoms with E-state index in [0.29, 0.717) is 19.5 Å². The lowest BCUT2D eigenvalue weighted by Gasteiger charge is -2.25. The normalized spacial score (nSPS) is 15.7. The van der Waals surface area contributed by atoms with Crippen molar-refractivity contribution in [2.75, 3.05) is 20.7 Å². The van der Waals surface area contributed by atoms with Crippen LogP contribution in [-0.2, 0) is 11.3 Å². The average molecular weight is 428 g/mol. The summed E-state index contributed by atoms with van der Waals surface area (Å²) in [6.07, 6.45) is 0.650. The number of benzene rings is 3. The lowest BCUT2D eigenvalue weighted by atomic mass is 9.97. The van der Waals surface area contributed by atoms with Gasteiger partial charge < -0.3 is 4.74 Å². The van der Waals surface area contributed by atoms with Crippen LogP contribution in [0.4, 0.5) is 0 Å². The van der Waals surface area contributed by atoms with Gasteiger partial charge in [-0.2, -0.15) is 5.10 Å². The molecule has 32 heavy (non-hydrogen) atoms. The third-order valence-corrected chi connectivity index (χ3v) is 5.75. The van der Waals surface area contributed by atoms with E-state index in [1.54, 1.807) is 12.1 Å². The summed E-state index contributed by atoms with van der Waals surface area (Å²) in [6, 6.07) is 26.2. The van der Waals surface area contributed by atoms with E-state index in [2.05, 4.69) is 43.3 Å². The van der Waals surface area contributed by atoms with Crippen molar-refractivity contribution < 1.29 is 9.53 Å². The summed E-state index contributed by atoms with van der Waals surface area (Å²) in [5.41, 5.74) is 5.26. The van der Waals surface area contributed by atoms with Crippen LogP contribution in [0, 0.1) is 6.92 Å². The van der Waals surface area contributed by atoms with E-state index in [1.165, 1.54) is 11.1 Å². The van der Waals surface area contributed by atoms with E-state index in [4.69, 9.17) is 9.84 Å². The van der Waals surface area contributed by atoms with Crippen LogP contribution in [0.1, 0.15) is 34.7 Å². The number of rotatable bonds is 7. The van der Waals surface area contributed by atoms with Gasteiger partial charge >= 0.3 is 0 Å². The second kappa shape index (κ2) is 9.79. The molecular weight excluding hydrogens is 398 g/mol. The average Bonchev–Trinajstić information content (AvgIpc) is 3.25. The van der Waals surface area contributed by atoms with Crippen LogP contribution in [0.3, 0.4) is 0 Å². The number of methoxy groups -OCH3 is 1. The minimum absolute atomic E-state index is 0.0149. The topological polar surface area (TPSA) is 45.1 Å². The number of carbonyl (C=O) groups is 1. The second-order valence-corrected chi connectivity index (χ2v) is 8.27. The summed E-state index contributed by atoms with van der Waals surface area (Å²) in [6.45, 7) is 3.06. The van der Waals surface area contributed by atoms with E-state index in [9.17, 15) is 4.79 Å². The van der Waals surface area contributed by atoms with Gasteiger partial charge in [0.25, 0.3) is 5.91 Å². The maximum absolute atomic E-state index is 13.4. The summed E-state index contributed by atoms with van der Waals surface area (Å²) >= 11 is 0. The van der Waals surface area contributed by atoms with Crippen molar-refractivity contribution in [3.63, 3.8) is 0 Å². The minimum atomic E-state index is -0.131. The summed E-state index contributed by atoms with van der Waals surface area (Å²) in [7, 11) is 3.62. The number of hydrazone groups is 1. The molecule has 4 rings (SSSR count). The molecule has 0 saturated carbocycles. The van der Waals surface area contributed by atoms with Crippen LogP contribution in [0.5, 0.6) is 5.75 Å². The summed E-state index contributed by atoms with van der Waals surface area (Å²) in [4.78, 5) is 15.4. The largest absolute Gasteiger partial charge is 0.496 e. The fourth-order valence-corrected chi connectivity index (χ4v) is 4.09. The fourth-order valence-electron chi connectivity index (χ4n) is 4.09. The molecule has 0 aliphatic carbocycles. The molecule has 3 aromatic rings. The van der Waals surface area contributed by atoms with Gasteiger partial charge in [-0.15, -0.1) is 0 Å². The number of hydrogen-bond donors (Lipinski definition) is 0. The first-order chi connectivity index (χ1) is 15.5. The highest BCUT2D eigenvalue weighted by Crippen LogP contribution is 2.35. The van der Waals surface area contributed by atoms with Gasteiger partial charge in [-0.1, -0.05) is 72.3 Å². The smallest absolute Gasteiger partial charge is 0.257 e. The standard InChI is InChI=1S/C27H29N3O2/c1-20-13-15-22(16-14-20)25-17-24(23-11-7-8-12-26(23)32-3)28-30(25)27(31)19-29(2)18-21-9-5-4-6-10-21/h4-16,25H,17-19H2,1-3H3. The molecule has 1 aliphatic heterocycles. The first kappa shape index (κ1) is 21.8. The number of likely N-dealkylation sites (N-methyl/N-ethyl adjacent to an activating group) is 1. The van der Waals surface area contributed by atoms with Crippen molar-refractivity contribution in [3.8, 4) is 5.75 Å². The highest BCUT2D eigenvalue weighted by Gasteiger charge is 2.34. The van der Waals surface area contributed by atoms with Gasteiger partial charge in [-0.25, -0.2) is 5.01 Å². The van der Waals surface area contributed by atoms with Crippen molar-refractivity contribution in [2.24, 2.45) is 5.10 Å². The number of ether oxygens (including phenoxy) is 1. The van der Waals surface area contributed by atoms with Crippen LogP contribution >= 0.6 is 0 Å². The van der Waals surface area contributed by atoms with Crippen LogP contribution in [-0.4, -0.2) is 42.2 Å². The Morgan fingerprint density at radius 2 is 1.72 bits per heavy atom. The van der Waals surface area contributed by atoms with Crippen LogP contribution in [0.25, 0.3) is 0 Å². The van der Waals surface area contributed by atoms with Crippen molar-refractivity contribution in [2.45, 2.75) is 25.9 Å². The quantitative estimate of drug-likeness (QED) is 0.543. The zero-order chi connectivity index (χ0) is 22.5. The molecule has 1 amide bonds. The molecule has 3 aromatic carbocycles. The van der Waals surface area contributed by atoms with E-state index < -0.39 is 0 Å². The van der Waals surface area contributed by atoms with Gasteiger partial charge in [0.2, 0.25) is 0 Å². The molecule has 5 heteroatoms. The molecule has 1 unspecified atom stereocenters. The zero-order valence-electron chi connectivity index (χ0n) is 18.9. The molecule has 0 fully saturated rings. The molecule has 0 bridgehead atoms. The van der Waals surface area contributed by atoms with Gasteiger partial charge in [-0.3, -0.25) is 9.69 Å². The molecule has 1 atom stereocenters. The van der Waals surface area contributed by atoms with Crippen LogP contribution < -0.4 is 4.74 Å². The SMILES string of the molecule is COc1ccccc1C1=NN(C(=O)CN(C)Cc2ccccc2)C(c2ccc(C)cc2)C1. The first-order valence-corrected chi connectivity index (χ1v) is 10.9. The molecule has 0 saturated heterocycles. The molecule has 0 radical (unpaired) electrons. The third kappa shape index (κ3) is 4.89. The predicted octanol–water partition coefficient (Wildman–Crippen LogP) is 4.81. The molecule has 1 heterocycles. The Balaban J connectivity index is 1.59. The first-order valence-electron chi connectivity index (χ1n) is 10.9. The van der Waals surface area contributed by atoms with E-state index in [-0.39, 0.29) is 11.9 Å². The van der Waals surface area contributed by atoms with E-state index in [1.807, 2.05) is 54.4 Å². The molecule has 0 spiro atoms. The van der Waals surface area contributed by atoms with Gasteiger partial charge in [0.05, 0.1) is 25.4 Å². The number of carbonyl (C=O) groups excluding carboxylic acids is 1. The highest BCUT2D eigenvalue weighted by molar-refractivity contribution is 6.05. The maximum atomic E-state index is 13.4. The predicted molar refractivity (Wildman–Crippen MR) is 128 cm³/mol. The Morgan fingerprint density at radius 1 is 1.03 bits per heavy atom. The van der Waals surface area contributed by atoms with Crippen molar-refractivity contribution in [1.29, 1.82) is 0 Å². The van der Waals surface area contributed by atoms with Crippen molar-refractivity contribution >= 4 is 11.6 Å². The Hall–Kier alpha value is -3.44. The Kier molecular flexibility index (Phi) is 6.66. The highest BCUT2D eigenvalue weighted by atomic mass is 16.5. The summed E-state index contributed by atoms with van der Waals surface area (Å²) in [5.74, 6) is 0.753. The molecule has 0 N–H and O–H groups in total. The monoisotopic (exact) mass is 427 g/mol. The van der Waals surface area contributed by atoms with Crippen molar-refractivity contribution in [1.82, 2.24) is 9.91 Å². The van der Waals surface area contributed by atoms with E-state index in [0.717, 1.165) is 22.6 Å². The number of aryl methyl sites for hydroxylation is 1. The Morgan fingerprint density at radius 3 is 2.44 bits per heavy atom. The van der Waals surface area contributed by atoms with E-state index >= 15 is 0 Å². The van der Waals surface area contributed by atoms with Gasteiger partial charge in [0, 0.05) is 18.5 Å². The lowest BCUT2D eigenvalue weighted by Crippen LogP contribution is -2.36. The number of para-hydroxylation sites is 1. The Labute approximate surface area is 189 Å². The fraction of sp³-hybridized carbons (Fsp3) is 0.259. The summed E-state index contributed by atoms with van der Waals surface area (Å²) in [5, 5.41) is 6.46. The molecule has 164 valence electrons. The molecular formula is C27H29N3O2. The van der Waals surface area contributed by atoms with Crippen LogP contribution in [0.15, 0.2) is 84.0 Å². The molecule has 0 aromatic heterocycles. The number of nitrogens with zero attached hydrogens (tertiary/aromatic N) is 3. The second-order valence-electron chi connectivity index (χ2n) is 8.27. The van der Waals surface area contributed by atoms with Crippen LogP contribution in [0.2, 0.25) is 0 Å². The maximum Gasteiger partial charge on any atom is 0.257 e. The van der Waals surface area contributed by atoms with Crippen molar-refractivity contribution in [3.05, 3.63) is 101 Å². The lowest BCUT2D eigenvalue weighted by molar-refractivity contribution is -0.134. The van der Waals surface area contributed by atoms with Gasteiger partial charge in [0.15, 0.2) is 0 Å². The number of hydrogen-bond acceptors (Lipinski definition) is 4. The third-order valence-electron chi connectivity index (χ3n) is 5.75. The number of amides is 1. The van der Waals surface area contributed by atoms with Gasteiger partial charge in [0.1, 0.15) is 5.75 Å². The Bertz CT molecular complexity index is 1090. The molecule has 5 nitrogen and oxygen atoms in total.